The van der Waals surface area contributed by atoms with Gasteiger partial charge in [0.15, 0.2) is 40.6 Å². The molecule has 10 atom stereocenters. The summed E-state index contributed by atoms with van der Waals surface area (Å²) in [7, 11) is -8.40. The lowest BCUT2D eigenvalue weighted by atomic mass is 10.1. The van der Waals surface area contributed by atoms with Gasteiger partial charge in [0.25, 0.3) is 0 Å². The summed E-state index contributed by atoms with van der Waals surface area (Å²) in [6.45, 7) is -1.51. The molecule has 6 rings (SSSR count). The number of aromatic nitrogens is 8. The molecule has 242 valence electrons. The molecule has 0 aromatic carbocycles. The summed E-state index contributed by atoms with van der Waals surface area (Å²) < 4.78 is 54.2. The van der Waals surface area contributed by atoms with Crippen molar-refractivity contribution >= 4 is 62.4 Å². The van der Waals surface area contributed by atoms with Crippen molar-refractivity contribution in [3.8, 4) is 0 Å². The second kappa shape index (κ2) is 12.2. The van der Waals surface area contributed by atoms with E-state index in [1.165, 1.54) is 21.8 Å². The number of aliphatic hydroxyl groups excluding tert-OH is 3. The predicted molar refractivity (Wildman–Crippen MR) is 149 cm³/mol. The summed E-state index contributed by atoms with van der Waals surface area (Å²) in [6, 6.07) is 0. The lowest BCUT2D eigenvalue weighted by Crippen LogP contribution is -2.36. The number of aliphatic hydroxyl groups is 3. The Hall–Kier alpha value is -3.15. The van der Waals surface area contributed by atoms with Crippen LogP contribution in [0.2, 0.25) is 0 Å². The van der Waals surface area contributed by atoms with Crippen molar-refractivity contribution in [3.63, 3.8) is 0 Å². The van der Waals surface area contributed by atoms with Crippen LogP contribution in [0.1, 0.15) is 12.5 Å². The normalized spacial score (nSPS) is 30.3. The number of aromatic amines is 1. The zero-order valence-electron chi connectivity index (χ0n) is 22.4. The molecule has 0 spiro atoms. The van der Waals surface area contributed by atoms with Crippen LogP contribution in [0, 0.1) is 4.64 Å². The van der Waals surface area contributed by atoms with E-state index in [0.29, 0.717) is 0 Å². The maximum atomic E-state index is 13.2. The Morgan fingerprint density at radius 2 is 1.76 bits per heavy atom. The quantitative estimate of drug-likeness (QED) is 0.0695. The van der Waals surface area contributed by atoms with E-state index in [9.17, 15) is 34.2 Å². The fraction of sp³-hybridized carbons (Fsp3) is 0.500. The Labute approximate surface area is 256 Å². The first kappa shape index (κ1) is 31.8. The number of fused-ring (bicyclic) bond motifs is 2. The van der Waals surface area contributed by atoms with Crippen LogP contribution in [0.4, 0.5) is 11.8 Å². The summed E-state index contributed by atoms with van der Waals surface area (Å²) >= 11 is 5.17. The number of nitrogen functional groups attached to an aromatic ring is 2. The molecule has 2 aliphatic heterocycles. The first-order chi connectivity index (χ1) is 21.4. The summed E-state index contributed by atoms with van der Waals surface area (Å²) in [6.07, 6.45) is -8.18. The van der Waals surface area contributed by atoms with Gasteiger partial charge in [-0.3, -0.25) is 18.2 Å². The third kappa shape index (κ3) is 5.94. The maximum absolute atomic E-state index is 13.2. The number of phosphoric ester groups is 1. The maximum Gasteiger partial charge on any atom is 0.695 e. The number of imidazole rings is 2. The summed E-state index contributed by atoms with van der Waals surface area (Å²) in [5, 5.41) is 31.5. The Morgan fingerprint density at radius 3 is 2.49 bits per heavy atom. The molecule has 10 N–H and O–H groups in total. The van der Waals surface area contributed by atoms with Gasteiger partial charge in [-0.1, -0.05) is 12.2 Å². The van der Waals surface area contributed by atoms with Crippen molar-refractivity contribution < 1.29 is 57.3 Å². The third-order valence-electron chi connectivity index (χ3n) is 7.07. The molecular formula is C20H25N10O12P2S+. The molecule has 0 bridgehead atoms. The minimum absolute atomic E-state index is 0.0434. The Bertz CT molecular complexity index is 1860. The van der Waals surface area contributed by atoms with E-state index in [-0.39, 0.29) is 38.7 Å². The van der Waals surface area contributed by atoms with Gasteiger partial charge in [0, 0.05) is 4.57 Å². The molecule has 0 amide bonds. The lowest BCUT2D eigenvalue weighted by molar-refractivity contribution is -0.0609. The Balaban J connectivity index is 1.22. The van der Waals surface area contributed by atoms with Crippen LogP contribution >= 0.6 is 28.3 Å². The molecule has 4 aromatic heterocycles. The minimum Gasteiger partial charge on any atom is -0.394 e. The molecule has 22 nitrogen and oxygen atoms in total. The molecule has 6 heterocycles. The number of phosphoric acid groups is 1. The van der Waals surface area contributed by atoms with Crippen LogP contribution in [0.3, 0.4) is 0 Å². The molecule has 0 saturated carbocycles. The molecule has 10 unspecified atom stereocenters. The van der Waals surface area contributed by atoms with E-state index in [0.717, 1.165) is 6.33 Å². The lowest BCUT2D eigenvalue weighted by Gasteiger charge is -2.25. The van der Waals surface area contributed by atoms with Crippen LogP contribution in [-0.2, 0) is 32.2 Å². The van der Waals surface area contributed by atoms with Gasteiger partial charge < -0.3 is 46.1 Å². The number of rotatable bonds is 10. The highest BCUT2D eigenvalue weighted by Crippen LogP contribution is 2.50. The SMILES string of the molecule is Nc1nc(=S)c2ncn(C3OC(CO)C(O)C3OP(=O)(O)OCC3OC(n4cnc5c(N)ncnc54)C(O)C3O[P+](=O)O)c2[nH]1. The van der Waals surface area contributed by atoms with Gasteiger partial charge in [-0.05, 0) is 0 Å². The molecular weight excluding hydrogens is 666 g/mol. The second-order valence-corrected chi connectivity index (χ2v) is 12.3. The van der Waals surface area contributed by atoms with Gasteiger partial charge in [0.1, 0.15) is 53.5 Å². The van der Waals surface area contributed by atoms with Gasteiger partial charge in [-0.25, -0.2) is 29.5 Å². The van der Waals surface area contributed by atoms with Gasteiger partial charge >= 0.3 is 16.1 Å². The molecule has 45 heavy (non-hydrogen) atoms. The van der Waals surface area contributed by atoms with Crippen molar-refractivity contribution in [2.24, 2.45) is 0 Å². The highest BCUT2D eigenvalue weighted by Gasteiger charge is 2.53. The van der Waals surface area contributed by atoms with Gasteiger partial charge in [0.05, 0.1) is 25.9 Å². The fourth-order valence-corrected chi connectivity index (χ4v) is 6.73. The van der Waals surface area contributed by atoms with Crippen LogP contribution in [0.15, 0.2) is 19.0 Å². The van der Waals surface area contributed by atoms with Crippen molar-refractivity contribution in [3.05, 3.63) is 23.6 Å². The minimum atomic E-state index is -5.13. The monoisotopic (exact) mass is 691 g/mol. The average Bonchev–Trinajstić information content (AvgIpc) is 3.73. The van der Waals surface area contributed by atoms with E-state index in [4.69, 9.17) is 46.7 Å². The number of hydrogen-bond donors (Lipinski definition) is 8. The van der Waals surface area contributed by atoms with Crippen LogP contribution < -0.4 is 11.5 Å². The number of nitrogens with one attached hydrogen (secondary N) is 1. The molecule has 0 radical (unpaired) electrons. The number of anilines is 2. The molecule has 0 aliphatic carbocycles. The zero-order chi connectivity index (χ0) is 32.2. The van der Waals surface area contributed by atoms with Crippen molar-refractivity contribution in [1.29, 1.82) is 0 Å². The predicted octanol–water partition coefficient (Wildman–Crippen LogP) is -1.46. The van der Waals surface area contributed by atoms with Crippen LogP contribution in [0.25, 0.3) is 22.3 Å². The number of H-pyrrole nitrogens is 1. The van der Waals surface area contributed by atoms with Crippen molar-refractivity contribution in [2.75, 3.05) is 24.7 Å². The zero-order valence-corrected chi connectivity index (χ0v) is 25.1. The van der Waals surface area contributed by atoms with E-state index in [1.807, 2.05) is 0 Å². The van der Waals surface area contributed by atoms with Crippen LogP contribution in [0.5, 0.6) is 0 Å². The Kier molecular flexibility index (Phi) is 8.64. The smallest absolute Gasteiger partial charge is 0.394 e. The van der Waals surface area contributed by atoms with E-state index in [2.05, 4.69) is 29.9 Å². The van der Waals surface area contributed by atoms with E-state index >= 15 is 0 Å². The van der Waals surface area contributed by atoms with Crippen molar-refractivity contribution in [2.45, 2.75) is 49.1 Å². The van der Waals surface area contributed by atoms with Gasteiger partial charge in [-0.2, -0.15) is 0 Å². The third-order valence-corrected chi connectivity index (χ3v) is 8.76. The topological polar surface area (TPSA) is 324 Å². The largest absolute Gasteiger partial charge is 0.695 e. The van der Waals surface area contributed by atoms with Gasteiger partial charge in [0.2, 0.25) is 0 Å². The summed E-state index contributed by atoms with van der Waals surface area (Å²) in [4.78, 5) is 42.8. The number of nitrogens with zero attached hydrogens (tertiary/aromatic N) is 7. The summed E-state index contributed by atoms with van der Waals surface area (Å²) in [5.41, 5.74) is 12.3. The first-order valence-corrected chi connectivity index (χ1v) is 15.8. The highest BCUT2D eigenvalue weighted by molar-refractivity contribution is 7.71. The molecule has 4 aromatic rings. The second-order valence-electron chi connectivity index (χ2n) is 9.80. The molecule has 2 aliphatic rings. The highest BCUT2D eigenvalue weighted by atomic mass is 32.1. The first-order valence-electron chi connectivity index (χ1n) is 12.8. The van der Waals surface area contributed by atoms with Crippen LogP contribution in [-0.4, -0.2) is 114 Å². The van der Waals surface area contributed by atoms with Crippen molar-refractivity contribution in [1.82, 2.24) is 39.0 Å². The Morgan fingerprint density at radius 1 is 1.04 bits per heavy atom. The number of ether oxygens (including phenoxy) is 2. The van der Waals surface area contributed by atoms with E-state index < -0.39 is 78.4 Å². The molecule has 2 saturated heterocycles. The molecule has 25 heteroatoms. The number of hydrogen-bond acceptors (Lipinski definition) is 18. The summed E-state index contributed by atoms with van der Waals surface area (Å²) in [5.74, 6) is -0.0277. The fourth-order valence-electron chi connectivity index (χ4n) is 5.08. The van der Waals surface area contributed by atoms with Gasteiger partial charge in [-0.15, -0.1) is 9.42 Å². The number of nitrogens with two attached hydrogens (primary N) is 2. The molecule has 2 fully saturated rings. The standard InChI is InChI=1S/C20H24N10O12P2S/c21-14-8-15(24-3-23-14)29(4-25-8)18-11(33)12(41-43(34)35)7(40-18)2-38-44(36,37)42-13-10(32)6(1-31)39-19(13)30-5-26-9-16(30)27-20(22)28-17(9)45/h3-7,10-13,18-19,31-33H,1-2H2,(H6-,21,22,23,24,27,28,34,35,36,37,45)/p+1. The van der Waals surface area contributed by atoms with E-state index in [1.54, 1.807) is 0 Å². The average molecular weight is 691 g/mol.